The summed E-state index contributed by atoms with van der Waals surface area (Å²) in [5, 5.41) is 0. The van der Waals surface area contributed by atoms with Crippen molar-refractivity contribution in [3.8, 4) is 0 Å². The van der Waals surface area contributed by atoms with Crippen LogP contribution >= 0.6 is 0 Å². The lowest BCUT2D eigenvalue weighted by molar-refractivity contribution is -0.183. The van der Waals surface area contributed by atoms with Gasteiger partial charge in [0.25, 0.3) is 0 Å². The van der Waals surface area contributed by atoms with Crippen LogP contribution in [-0.2, 0) is 14.3 Å². The third kappa shape index (κ3) is 3.47. The van der Waals surface area contributed by atoms with Gasteiger partial charge < -0.3 is 19.3 Å². The topological polar surface area (TPSA) is 59.1 Å². The summed E-state index contributed by atoms with van der Waals surface area (Å²) in [7, 11) is 0. The first-order chi connectivity index (χ1) is 10.7. The van der Waals surface area contributed by atoms with Gasteiger partial charge in [-0.15, -0.1) is 0 Å². The lowest BCUT2D eigenvalue weighted by Crippen LogP contribution is -2.63. The molecule has 3 fully saturated rings. The second-order valence-corrected chi connectivity index (χ2v) is 8.18. The number of carbonyl (C=O) groups excluding carboxylic acids is 2. The number of amides is 2. The Bertz CT molecular complexity index is 497. The van der Waals surface area contributed by atoms with E-state index in [0.29, 0.717) is 25.7 Å². The molecule has 3 aliphatic rings. The van der Waals surface area contributed by atoms with Gasteiger partial charge in [-0.05, 0) is 40.0 Å². The Labute approximate surface area is 138 Å². The molecule has 0 bridgehead atoms. The summed E-state index contributed by atoms with van der Waals surface area (Å²) in [4.78, 5) is 28.1. The molecule has 0 aromatic heterocycles. The average Bonchev–Trinajstić information content (AvgIpc) is 3.27. The van der Waals surface area contributed by atoms with Crippen LogP contribution in [0.3, 0.4) is 0 Å². The van der Waals surface area contributed by atoms with Gasteiger partial charge in [-0.3, -0.25) is 4.79 Å². The van der Waals surface area contributed by atoms with E-state index in [1.54, 1.807) is 4.90 Å². The molecule has 1 spiro atoms. The summed E-state index contributed by atoms with van der Waals surface area (Å²) >= 11 is 0. The van der Waals surface area contributed by atoms with Gasteiger partial charge in [0.2, 0.25) is 5.91 Å². The maximum Gasteiger partial charge on any atom is 0.410 e. The fraction of sp³-hybridized carbons (Fsp3) is 0.882. The van der Waals surface area contributed by atoms with E-state index in [-0.39, 0.29) is 30.1 Å². The zero-order valence-corrected chi connectivity index (χ0v) is 14.6. The lowest BCUT2D eigenvalue weighted by Gasteiger charge is -2.50. The molecule has 23 heavy (non-hydrogen) atoms. The van der Waals surface area contributed by atoms with Crippen LogP contribution < -0.4 is 0 Å². The molecule has 0 aromatic carbocycles. The summed E-state index contributed by atoms with van der Waals surface area (Å²) < 4.78 is 11.5. The molecule has 2 unspecified atom stereocenters. The Balaban J connectivity index is 1.64. The number of nitrogens with zero attached hydrogens (tertiary/aromatic N) is 2. The van der Waals surface area contributed by atoms with Crippen molar-refractivity contribution in [2.75, 3.05) is 26.2 Å². The highest BCUT2D eigenvalue weighted by Gasteiger charge is 2.50. The minimum absolute atomic E-state index is 0.111. The van der Waals surface area contributed by atoms with Crippen LogP contribution in [0.2, 0.25) is 0 Å². The quantitative estimate of drug-likeness (QED) is 0.740. The molecule has 6 nitrogen and oxygen atoms in total. The van der Waals surface area contributed by atoms with Gasteiger partial charge in [0.15, 0.2) is 0 Å². The molecule has 1 saturated carbocycles. The second kappa shape index (κ2) is 5.65. The van der Waals surface area contributed by atoms with Crippen LogP contribution in [-0.4, -0.2) is 65.3 Å². The van der Waals surface area contributed by atoms with E-state index in [1.807, 2.05) is 25.7 Å². The number of hydrogen-bond donors (Lipinski definition) is 0. The number of carbonyl (C=O) groups is 2. The summed E-state index contributed by atoms with van der Waals surface area (Å²) in [6, 6.07) is 0.416. The van der Waals surface area contributed by atoms with Crippen LogP contribution in [0, 0.1) is 5.92 Å². The highest BCUT2D eigenvalue weighted by Crippen LogP contribution is 2.39. The molecule has 6 heteroatoms. The Kier molecular flexibility index (Phi) is 4.07. The average molecular weight is 324 g/mol. The van der Waals surface area contributed by atoms with Crippen molar-refractivity contribution in [3.63, 3.8) is 0 Å². The predicted molar refractivity (Wildman–Crippen MR) is 85.0 cm³/mol. The van der Waals surface area contributed by atoms with Gasteiger partial charge in [0.05, 0.1) is 12.1 Å². The molecule has 130 valence electrons. The van der Waals surface area contributed by atoms with Crippen molar-refractivity contribution in [3.05, 3.63) is 0 Å². The number of ether oxygens (including phenoxy) is 2. The summed E-state index contributed by atoms with van der Waals surface area (Å²) in [6.45, 7) is 9.81. The first kappa shape index (κ1) is 16.6. The maximum absolute atomic E-state index is 12.3. The third-order valence-electron chi connectivity index (χ3n) is 5.08. The van der Waals surface area contributed by atoms with E-state index in [4.69, 9.17) is 9.47 Å². The van der Waals surface area contributed by atoms with Crippen LogP contribution in [0.1, 0.15) is 47.0 Å². The molecule has 2 saturated heterocycles. The Hall–Kier alpha value is -1.30. The molecule has 0 N–H and O–H groups in total. The third-order valence-corrected chi connectivity index (χ3v) is 5.08. The normalized spacial score (nSPS) is 32.3. The summed E-state index contributed by atoms with van der Waals surface area (Å²) in [5.74, 6) is 0.290. The SMILES string of the molecule is CC1CN(C(=O)OC(C)(C)C)CCC12CN(C1CC1)C(=O)CO2. The number of likely N-dealkylation sites (tertiary alicyclic amines) is 1. The lowest BCUT2D eigenvalue weighted by atomic mass is 9.80. The monoisotopic (exact) mass is 324 g/mol. The molecule has 0 aromatic rings. The molecule has 3 rings (SSSR count). The van der Waals surface area contributed by atoms with E-state index < -0.39 is 5.60 Å². The van der Waals surface area contributed by atoms with Gasteiger partial charge in [-0.25, -0.2) is 4.79 Å². The highest BCUT2D eigenvalue weighted by molar-refractivity contribution is 5.79. The van der Waals surface area contributed by atoms with Crippen LogP contribution in [0.4, 0.5) is 4.79 Å². The molecular weight excluding hydrogens is 296 g/mol. The predicted octanol–water partition coefficient (Wildman–Crippen LogP) is 2.02. The van der Waals surface area contributed by atoms with Gasteiger partial charge in [-0.1, -0.05) is 6.92 Å². The van der Waals surface area contributed by atoms with Crippen molar-refractivity contribution in [1.29, 1.82) is 0 Å². The Morgan fingerprint density at radius 3 is 2.61 bits per heavy atom. The number of piperidine rings is 1. The number of hydrogen-bond acceptors (Lipinski definition) is 4. The van der Waals surface area contributed by atoms with Crippen molar-refractivity contribution in [2.45, 2.75) is 64.2 Å². The zero-order valence-electron chi connectivity index (χ0n) is 14.6. The minimum atomic E-state index is -0.480. The minimum Gasteiger partial charge on any atom is -0.444 e. The van der Waals surface area contributed by atoms with Crippen molar-refractivity contribution in [2.24, 2.45) is 5.92 Å². The van der Waals surface area contributed by atoms with Crippen molar-refractivity contribution in [1.82, 2.24) is 9.80 Å². The van der Waals surface area contributed by atoms with Crippen LogP contribution in [0.25, 0.3) is 0 Å². The second-order valence-electron chi connectivity index (χ2n) is 8.18. The zero-order chi connectivity index (χ0) is 16.8. The van der Waals surface area contributed by atoms with Crippen LogP contribution in [0.5, 0.6) is 0 Å². The molecule has 0 radical (unpaired) electrons. The van der Waals surface area contributed by atoms with E-state index >= 15 is 0 Å². The summed E-state index contributed by atoms with van der Waals surface area (Å²) in [5.41, 5.74) is -0.791. The molecule has 2 amide bonds. The first-order valence-electron chi connectivity index (χ1n) is 8.61. The number of rotatable bonds is 1. The fourth-order valence-electron chi connectivity index (χ4n) is 3.53. The van der Waals surface area contributed by atoms with Gasteiger partial charge in [0.1, 0.15) is 12.2 Å². The largest absolute Gasteiger partial charge is 0.444 e. The first-order valence-corrected chi connectivity index (χ1v) is 8.61. The van der Waals surface area contributed by atoms with E-state index in [1.165, 1.54) is 0 Å². The highest BCUT2D eigenvalue weighted by atomic mass is 16.6. The molecule has 2 heterocycles. The summed E-state index contributed by atoms with van der Waals surface area (Å²) in [6.07, 6.45) is 2.72. The standard InChI is InChI=1S/C17H28N2O4/c1-12-9-18(15(21)23-16(2,3)4)8-7-17(12)11-19(13-5-6-13)14(20)10-22-17/h12-13H,5-11H2,1-4H3. The van der Waals surface area contributed by atoms with E-state index in [0.717, 1.165) is 19.3 Å². The van der Waals surface area contributed by atoms with E-state index in [2.05, 4.69) is 6.92 Å². The van der Waals surface area contributed by atoms with Crippen LogP contribution in [0.15, 0.2) is 0 Å². The number of morpholine rings is 1. The van der Waals surface area contributed by atoms with Gasteiger partial charge in [0, 0.05) is 25.0 Å². The molecule has 1 aliphatic carbocycles. The fourth-order valence-corrected chi connectivity index (χ4v) is 3.53. The van der Waals surface area contributed by atoms with Gasteiger partial charge >= 0.3 is 6.09 Å². The van der Waals surface area contributed by atoms with Crippen molar-refractivity contribution >= 4 is 12.0 Å². The van der Waals surface area contributed by atoms with E-state index in [9.17, 15) is 9.59 Å². The van der Waals surface area contributed by atoms with Gasteiger partial charge in [-0.2, -0.15) is 0 Å². The maximum atomic E-state index is 12.3. The Morgan fingerprint density at radius 2 is 2.04 bits per heavy atom. The molecule has 2 atom stereocenters. The molecular formula is C17H28N2O4. The Morgan fingerprint density at radius 1 is 1.35 bits per heavy atom. The molecule has 2 aliphatic heterocycles. The smallest absolute Gasteiger partial charge is 0.410 e. The van der Waals surface area contributed by atoms with Crippen molar-refractivity contribution < 1.29 is 19.1 Å².